The normalized spacial score (nSPS) is 14.2. The number of benzene rings is 3. The SMILES string of the molecule is Cc1nnc2n1-c1ccccc1C(c1ccc(Cl)cc1)=NC2NN(C(=O)NN)C(=O)c1ccccc1. The van der Waals surface area contributed by atoms with Crippen LogP contribution >= 0.6 is 11.6 Å². The summed E-state index contributed by atoms with van der Waals surface area (Å²) in [6, 6.07) is 22.4. The number of carbonyl (C=O) groups is 2. The van der Waals surface area contributed by atoms with Crippen LogP contribution in [0.15, 0.2) is 83.9 Å². The Morgan fingerprint density at radius 1 is 0.972 bits per heavy atom. The molecule has 0 fully saturated rings. The van der Waals surface area contributed by atoms with Crippen molar-refractivity contribution in [3.8, 4) is 5.69 Å². The fraction of sp³-hybridized carbons (Fsp3) is 0.0800. The van der Waals surface area contributed by atoms with E-state index in [2.05, 4.69) is 15.6 Å². The molecule has 1 aliphatic heterocycles. The molecule has 1 atom stereocenters. The molecule has 0 aliphatic carbocycles. The Morgan fingerprint density at radius 2 is 1.67 bits per heavy atom. The van der Waals surface area contributed by atoms with Crippen molar-refractivity contribution >= 4 is 29.3 Å². The molecule has 0 bridgehead atoms. The summed E-state index contributed by atoms with van der Waals surface area (Å²) in [6.45, 7) is 1.82. The summed E-state index contributed by atoms with van der Waals surface area (Å²) in [5.41, 5.74) is 8.24. The van der Waals surface area contributed by atoms with E-state index < -0.39 is 18.1 Å². The number of para-hydroxylation sites is 1. The van der Waals surface area contributed by atoms with E-state index in [1.165, 1.54) is 0 Å². The van der Waals surface area contributed by atoms with Gasteiger partial charge in [0, 0.05) is 21.7 Å². The van der Waals surface area contributed by atoms with Gasteiger partial charge < -0.3 is 0 Å². The van der Waals surface area contributed by atoms with Gasteiger partial charge in [-0.05, 0) is 37.3 Å². The highest BCUT2D eigenvalue weighted by Gasteiger charge is 2.32. The first-order chi connectivity index (χ1) is 17.5. The third-order valence-electron chi connectivity index (χ3n) is 5.67. The summed E-state index contributed by atoms with van der Waals surface area (Å²) in [7, 11) is 0. The fourth-order valence-corrected chi connectivity index (χ4v) is 4.14. The summed E-state index contributed by atoms with van der Waals surface area (Å²) in [5, 5.41) is 9.93. The molecule has 1 aromatic heterocycles. The number of aryl methyl sites for hydroxylation is 1. The number of halogens is 1. The minimum Gasteiger partial charge on any atom is -0.280 e. The molecule has 2 heterocycles. The number of hydrogen-bond donors (Lipinski definition) is 3. The van der Waals surface area contributed by atoms with Gasteiger partial charge in [0.15, 0.2) is 12.0 Å². The largest absolute Gasteiger partial charge is 0.353 e. The molecule has 11 heteroatoms. The lowest BCUT2D eigenvalue weighted by atomic mass is 10.0. The number of hydrogen-bond acceptors (Lipinski definition) is 7. The number of rotatable bonds is 4. The fourth-order valence-electron chi connectivity index (χ4n) is 4.01. The summed E-state index contributed by atoms with van der Waals surface area (Å²) in [6.07, 6.45) is -0.978. The van der Waals surface area contributed by atoms with Gasteiger partial charge in [-0.15, -0.1) is 10.2 Å². The van der Waals surface area contributed by atoms with E-state index in [1.54, 1.807) is 42.5 Å². The Hall–Kier alpha value is -4.38. The maximum Gasteiger partial charge on any atom is 0.353 e. The molecule has 5 rings (SSSR count). The van der Waals surface area contributed by atoms with Crippen molar-refractivity contribution in [2.45, 2.75) is 13.1 Å². The second-order valence-corrected chi connectivity index (χ2v) is 8.37. The summed E-state index contributed by atoms with van der Waals surface area (Å²) < 4.78 is 1.84. The monoisotopic (exact) mass is 500 g/mol. The lowest BCUT2D eigenvalue weighted by molar-refractivity contribution is 0.0694. The van der Waals surface area contributed by atoms with Crippen LogP contribution in [0, 0.1) is 6.92 Å². The Kier molecular flexibility index (Phi) is 6.30. The van der Waals surface area contributed by atoms with Crippen molar-refractivity contribution in [3.05, 3.63) is 112 Å². The zero-order valence-electron chi connectivity index (χ0n) is 19.1. The van der Waals surface area contributed by atoms with Gasteiger partial charge in [0.1, 0.15) is 5.82 Å². The van der Waals surface area contributed by atoms with Crippen molar-refractivity contribution in [2.75, 3.05) is 0 Å². The highest BCUT2D eigenvalue weighted by Crippen LogP contribution is 2.30. The summed E-state index contributed by atoms with van der Waals surface area (Å²) in [5.74, 6) is 5.79. The number of hydrazine groups is 2. The number of fused-ring (bicyclic) bond motifs is 3. The van der Waals surface area contributed by atoms with Crippen LogP contribution in [0.5, 0.6) is 0 Å². The number of aliphatic imine (C=N–C) groups is 1. The van der Waals surface area contributed by atoms with Crippen molar-refractivity contribution in [1.82, 2.24) is 30.6 Å². The molecule has 4 N–H and O–H groups in total. The quantitative estimate of drug-likeness (QED) is 0.224. The first-order valence-corrected chi connectivity index (χ1v) is 11.4. The molecule has 10 nitrogen and oxygen atoms in total. The lowest BCUT2D eigenvalue weighted by Crippen LogP contribution is -2.54. The van der Waals surface area contributed by atoms with E-state index in [9.17, 15) is 9.59 Å². The number of nitrogens with zero attached hydrogens (tertiary/aromatic N) is 5. The molecule has 36 heavy (non-hydrogen) atoms. The Bertz CT molecular complexity index is 1470. The van der Waals surface area contributed by atoms with Gasteiger partial charge >= 0.3 is 6.03 Å². The van der Waals surface area contributed by atoms with Gasteiger partial charge in [0.2, 0.25) is 0 Å². The average Bonchev–Trinajstić information content (AvgIpc) is 3.23. The Labute approximate surface area is 211 Å². The van der Waals surface area contributed by atoms with Crippen molar-refractivity contribution in [3.63, 3.8) is 0 Å². The molecule has 0 saturated carbocycles. The number of carbonyl (C=O) groups excluding carboxylic acids is 2. The number of urea groups is 1. The molecular weight excluding hydrogens is 480 g/mol. The van der Waals surface area contributed by atoms with Crippen LogP contribution in [0.2, 0.25) is 5.02 Å². The smallest absolute Gasteiger partial charge is 0.280 e. The summed E-state index contributed by atoms with van der Waals surface area (Å²) >= 11 is 6.13. The van der Waals surface area contributed by atoms with Crippen molar-refractivity contribution in [1.29, 1.82) is 0 Å². The number of imide groups is 1. The second kappa shape index (κ2) is 9.70. The molecule has 4 aromatic rings. The molecule has 1 unspecified atom stereocenters. The highest BCUT2D eigenvalue weighted by molar-refractivity contribution is 6.30. The minimum absolute atomic E-state index is 0.282. The molecule has 3 aromatic carbocycles. The maximum absolute atomic E-state index is 13.3. The van der Waals surface area contributed by atoms with Gasteiger partial charge in [-0.1, -0.05) is 60.1 Å². The minimum atomic E-state index is -0.978. The van der Waals surface area contributed by atoms with E-state index in [1.807, 2.05) is 53.3 Å². The molecule has 0 radical (unpaired) electrons. The second-order valence-electron chi connectivity index (χ2n) is 7.93. The average molecular weight is 501 g/mol. The topological polar surface area (TPSA) is 131 Å². The van der Waals surface area contributed by atoms with Crippen LogP contribution < -0.4 is 16.7 Å². The number of nitrogens with one attached hydrogen (secondary N) is 2. The molecular formula is C25H21ClN8O2. The number of aromatic nitrogens is 3. The van der Waals surface area contributed by atoms with Crippen LogP contribution in [0.3, 0.4) is 0 Å². The summed E-state index contributed by atoms with van der Waals surface area (Å²) in [4.78, 5) is 30.9. The maximum atomic E-state index is 13.3. The lowest BCUT2D eigenvalue weighted by Gasteiger charge is -2.24. The van der Waals surface area contributed by atoms with Gasteiger partial charge in [-0.3, -0.25) is 19.8 Å². The van der Waals surface area contributed by atoms with E-state index >= 15 is 0 Å². The van der Waals surface area contributed by atoms with Gasteiger partial charge in [-0.2, -0.15) is 10.4 Å². The molecule has 0 saturated heterocycles. The van der Waals surface area contributed by atoms with E-state index in [0.29, 0.717) is 22.4 Å². The molecule has 1 aliphatic rings. The molecule has 180 valence electrons. The van der Waals surface area contributed by atoms with Crippen molar-refractivity contribution < 1.29 is 9.59 Å². The highest BCUT2D eigenvalue weighted by atomic mass is 35.5. The third-order valence-corrected chi connectivity index (χ3v) is 5.92. The first kappa shape index (κ1) is 23.4. The van der Waals surface area contributed by atoms with Crippen molar-refractivity contribution in [2.24, 2.45) is 10.8 Å². The van der Waals surface area contributed by atoms with E-state index in [0.717, 1.165) is 21.8 Å². The van der Waals surface area contributed by atoms with E-state index in [-0.39, 0.29) is 5.56 Å². The van der Waals surface area contributed by atoms with Crippen LogP contribution in [0.4, 0.5) is 4.79 Å². The van der Waals surface area contributed by atoms with Gasteiger partial charge in [0.05, 0.1) is 11.4 Å². The first-order valence-electron chi connectivity index (χ1n) is 11.0. The number of amides is 3. The number of nitrogens with two attached hydrogens (primary N) is 1. The zero-order chi connectivity index (χ0) is 25.2. The Morgan fingerprint density at radius 3 is 2.39 bits per heavy atom. The van der Waals surface area contributed by atoms with Crippen LogP contribution in [-0.2, 0) is 0 Å². The Balaban J connectivity index is 1.67. The van der Waals surface area contributed by atoms with E-state index in [4.69, 9.17) is 22.4 Å². The predicted octanol–water partition coefficient (Wildman–Crippen LogP) is 3.31. The van der Waals surface area contributed by atoms with Gasteiger partial charge in [0.25, 0.3) is 5.91 Å². The third kappa shape index (κ3) is 4.24. The van der Waals surface area contributed by atoms with Crippen LogP contribution in [-0.4, -0.2) is 37.4 Å². The standard InChI is InChI=1S/C25H21ClN8O2/c1-15-30-31-23-22(32-34(25(36)29-27)24(35)17-7-3-2-4-8-17)28-21(16-11-13-18(26)14-12-16)19-9-5-6-10-20(19)33(15)23/h2-14,22,32H,27H2,1H3,(H,29,36). The van der Waals surface area contributed by atoms with Gasteiger partial charge in [-0.25, -0.2) is 10.6 Å². The van der Waals surface area contributed by atoms with Crippen LogP contribution in [0.25, 0.3) is 5.69 Å². The predicted molar refractivity (Wildman–Crippen MR) is 134 cm³/mol. The molecule has 0 spiro atoms. The van der Waals surface area contributed by atoms with Crippen LogP contribution in [0.1, 0.15) is 39.3 Å². The zero-order valence-corrected chi connectivity index (χ0v) is 19.8. The molecule has 3 amide bonds.